The van der Waals surface area contributed by atoms with Crippen molar-refractivity contribution in [3.8, 4) is 0 Å². The molecule has 76 valence electrons. The van der Waals surface area contributed by atoms with Crippen LogP contribution in [0.1, 0.15) is 5.56 Å². The zero-order chi connectivity index (χ0) is 10.4. The van der Waals surface area contributed by atoms with Crippen LogP contribution in [-0.4, -0.2) is 25.2 Å². The van der Waals surface area contributed by atoms with Gasteiger partial charge in [0, 0.05) is 24.9 Å². The molecule has 0 heterocycles. The normalized spacial score (nSPS) is 9.79. The third-order valence-corrected chi connectivity index (χ3v) is 2.03. The Balaban J connectivity index is 2.69. The molecule has 0 saturated carbocycles. The molecule has 0 aliphatic rings. The summed E-state index contributed by atoms with van der Waals surface area (Å²) in [7, 11) is 1.67. The molecule has 0 unspecified atom stereocenters. The molecule has 1 aromatic carbocycles. The highest BCUT2D eigenvalue weighted by molar-refractivity contribution is 7.80. The molecule has 0 saturated heterocycles. The molecule has 1 aromatic rings. The second kappa shape index (κ2) is 5.57. The highest BCUT2D eigenvalue weighted by Gasteiger charge is 2.02. The molecule has 3 N–H and O–H groups in total. The maximum Gasteiger partial charge on any atom is 0.106 e. The Hall–Kier alpha value is -1.13. The quantitative estimate of drug-likeness (QED) is 0.569. The summed E-state index contributed by atoms with van der Waals surface area (Å²) in [5.41, 5.74) is 7.41. The zero-order valence-corrected chi connectivity index (χ0v) is 8.93. The molecule has 0 aliphatic carbocycles. The lowest BCUT2D eigenvalue weighted by atomic mass is 10.2. The van der Waals surface area contributed by atoms with Gasteiger partial charge in [-0.15, -0.1) is 0 Å². The van der Waals surface area contributed by atoms with Crippen molar-refractivity contribution in [3.05, 3.63) is 29.8 Å². The number of anilines is 1. The van der Waals surface area contributed by atoms with Crippen LogP contribution in [0.3, 0.4) is 0 Å². The van der Waals surface area contributed by atoms with Crippen LogP contribution in [0.25, 0.3) is 0 Å². The van der Waals surface area contributed by atoms with Gasteiger partial charge in [0.2, 0.25) is 0 Å². The van der Waals surface area contributed by atoms with Gasteiger partial charge in [-0.05, 0) is 12.1 Å². The van der Waals surface area contributed by atoms with Gasteiger partial charge >= 0.3 is 0 Å². The Kier molecular flexibility index (Phi) is 4.35. The third kappa shape index (κ3) is 2.97. The molecule has 0 spiro atoms. The Morgan fingerprint density at radius 2 is 2.21 bits per heavy atom. The van der Waals surface area contributed by atoms with E-state index in [4.69, 9.17) is 22.7 Å². The number of nitrogens with two attached hydrogens (primary N) is 1. The molecule has 0 radical (unpaired) electrons. The van der Waals surface area contributed by atoms with E-state index in [9.17, 15) is 0 Å². The van der Waals surface area contributed by atoms with Gasteiger partial charge in [0.25, 0.3) is 0 Å². The van der Waals surface area contributed by atoms with Crippen molar-refractivity contribution >= 4 is 22.9 Å². The maximum absolute atomic E-state index is 5.58. The van der Waals surface area contributed by atoms with Gasteiger partial charge in [0.05, 0.1) is 6.61 Å². The van der Waals surface area contributed by atoms with Crippen LogP contribution in [0.2, 0.25) is 0 Å². The van der Waals surface area contributed by atoms with Gasteiger partial charge in [-0.1, -0.05) is 24.4 Å². The minimum absolute atomic E-state index is 0.408. The molecule has 0 atom stereocenters. The first-order valence-electron chi connectivity index (χ1n) is 4.37. The molecule has 0 bridgehead atoms. The molecule has 3 nitrogen and oxygen atoms in total. The first-order valence-corrected chi connectivity index (χ1v) is 4.78. The summed E-state index contributed by atoms with van der Waals surface area (Å²) in [4.78, 5) is 0.408. The summed E-state index contributed by atoms with van der Waals surface area (Å²) in [5, 5.41) is 3.20. The van der Waals surface area contributed by atoms with Crippen LogP contribution in [0.15, 0.2) is 24.3 Å². The minimum Gasteiger partial charge on any atom is -0.389 e. The highest BCUT2D eigenvalue weighted by atomic mass is 32.1. The van der Waals surface area contributed by atoms with E-state index in [1.807, 2.05) is 24.3 Å². The maximum atomic E-state index is 5.58. The molecular weight excluding hydrogens is 196 g/mol. The second-order valence-electron chi connectivity index (χ2n) is 2.83. The van der Waals surface area contributed by atoms with Crippen molar-refractivity contribution in [1.82, 2.24) is 0 Å². The number of rotatable bonds is 5. The number of para-hydroxylation sites is 1. The van der Waals surface area contributed by atoms with Crippen molar-refractivity contribution in [1.29, 1.82) is 0 Å². The molecule has 0 aliphatic heterocycles. The van der Waals surface area contributed by atoms with E-state index in [1.54, 1.807) is 7.11 Å². The summed E-state index contributed by atoms with van der Waals surface area (Å²) in [6.45, 7) is 1.40. The van der Waals surface area contributed by atoms with Crippen molar-refractivity contribution in [2.45, 2.75) is 0 Å². The van der Waals surface area contributed by atoms with Crippen LogP contribution in [0.4, 0.5) is 5.69 Å². The van der Waals surface area contributed by atoms with Crippen molar-refractivity contribution < 1.29 is 4.74 Å². The second-order valence-corrected chi connectivity index (χ2v) is 3.27. The van der Waals surface area contributed by atoms with E-state index in [2.05, 4.69) is 5.32 Å². The van der Waals surface area contributed by atoms with E-state index < -0.39 is 0 Å². The van der Waals surface area contributed by atoms with Crippen LogP contribution in [-0.2, 0) is 4.74 Å². The Morgan fingerprint density at radius 1 is 1.50 bits per heavy atom. The summed E-state index contributed by atoms with van der Waals surface area (Å²) in [5.74, 6) is 0. The van der Waals surface area contributed by atoms with Gasteiger partial charge in [-0.2, -0.15) is 0 Å². The summed E-state index contributed by atoms with van der Waals surface area (Å²) < 4.78 is 4.94. The number of nitrogens with one attached hydrogen (secondary N) is 1. The molecular formula is C10H14N2OS. The summed E-state index contributed by atoms with van der Waals surface area (Å²) in [6, 6.07) is 7.70. The molecule has 4 heteroatoms. The van der Waals surface area contributed by atoms with E-state index >= 15 is 0 Å². The Morgan fingerprint density at radius 3 is 2.86 bits per heavy atom. The minimum atomic E-state index is 0.408. The largest absolute Gasteiger partial charge is 0.389 e. The van der Waals surface area contributed by atoms with Gasteiger partial charge < -0.3 is 15.8 Å². The zero-order valence-electron chi connectivity index (χ0n) is 8.12. The van der Waals surface area contributed by atoms with Gasteiger partial charge in [-0.25, -0.2) is 0 Å². The Bertz CT molecular complexity index is 315. The molecule has 14 heavy (non-hydrogen) atoms. The number of thiocarbonyl (C=S) groups is 1. The fourth-order valence-electron chi connectivity index (χ4n) is 1.14. The highest BCUT2D eigenvalue weighted by Crippen LogP contribution is 2.13. The predicted molar refractivity (Wildman–Crippen MR) is 62.7 cm³/mol. The third-order valence-electron chi connectivity index (χ3n) is 1.81. The van der Waals surface area contributed by atoms with E-state index in [-0.39, 0.29) is 0 Å². The lowest BCUT2D eigenvalue weighted by Crippen LogP contribution is -2.15. The topological polar surface area (TPSA) is 47.3 Å². The van der Waals surface area contributed by atoms with Gasteiger partial charge in [-0.3, -0.25) is 0 Å². The summed E-state index contributed by atoms with van der Waals surface area (Å²) in [6.07, 6.45) is 0. The lowest BCUT2D eigenvalue weighted by Gasteiger charge is -2.10. The monoisotopic (exact) mass is 210 g/mol. The lowest BCUT2D eigenvalue weighted by molar-refractivity contribution is 0.211. The van der Waals surface area contributed by atoms with Crippen LogP contribution >= 0.6 is 12.2 Å². The molecule has 0 amide bonds. The van der Waals surface area contributed by atoms with Crippen LogP contribution in [0, 0.1) is 0 Å². The average molecular weight is 210 g/mol. The summed E-state index contributed by atoms with van der Waals surface area (Å²) >= 11 is 4.93. The Labute approximate surface area is 89.3 Å². The van der Waals surface area contributed by atoms with Crippen LogP contribution < -0.4 is 11.1 Å². The predicted octanol–water partition coefficient (Wildman–Crippen LogP) is 1.38. The van der Waals surface area contributed by atoms with Crippen molar-refractivity contribution in [3.63, 3.8) is 0 Å². The van der Waals surface area contributed by atoms with Crippen molar-refractivity contribution in [2.75, 3.05) is 25.6 Å². The van der Waals surface area contributed by atoms with E-state index in [0.29, 0.717) is 11.6 Å². The average Bonchev–Trinajstić information content (AvgIpc) is 2.19. The number of methoxy groups -OCH3 is 1. The fraction of sp³-hybridized carbons (Fsp3) is 0.300. The molecule has 0 fully saturated rings. The van der Waals surface area contributed by atoms with Crippen LogP contribution in [0.5, 0.6) is 0 Å². The number of ether oxygens (including phenoxy) is 1. The van der Waals surface area contributed by atoms with Crippen molar-refractivity contribution in [2.24, 2.45) is 5.73 Å². The standard InChI is InChI=1S/C10H14N2OS/c1-13-7-6-12-9-5-3-2-4-8(9)10(11)14/h2-5,12H,6-7H2,1H3,(H2,11,14). The smallest absolute Gasteiger partial charge is 0.106 e. The number of hydrogen-bond acceptors (Lipinski definition) is 3. The first kappa shape index (κ1) is 10.9. The van der Waals surface area contributed by atoms with E-state index in [1.165, 1.54) is 0 Å². The van der Waals surface area contributed by atoms with E-state index in [0.717, 1.165) is 17.8 Å². The van der Waals surface area contributed by atoms with Gasteiger partial charge in [0.1, 0.15) is 4.99 Å². The fourth-order valence-corrected chi connectivity index (χ4v) is 1.32. The number of hydrogen-bond donors (Lipinski definition) is 2. The SMILES string of the molecule is COCCNc1ccccc1C(N)=S. The molecule has 1 rings (SSSR count). The first-order chi connectivity index (χ1) is 6.75. The van der Waals surface area contributed by atoms with Gasteiger partial charge in [0.15, 0.2) is 0 Å². The number of benzene rings is 1. The molecule has 0 aromatic heterocycles.